The molecule has 1 aromatic heterocycles. The lowest BCUT2D eigenvalue weighted by Crippen LogP contribution is -2.22. The van der Waals surface area contributed by atoms with Gasteiger partial charge in [-0.1, -0.05) is 13.8 Å². The van der Waals surface area contributed by atoms with E-state index < -0.39 is 0 Å². The monoisotopic (exact) mass is 241 g/mol. The minimum atomic E-state index is -0.172. The molecule has 0 saturated carbocycles. The van der Waals surface area contributed by atoms with Gasteiger partial charge in [0, 0.05) is 24.6 Å². The van der Waals surface area contributed by atoms with Gasteiger partial charge in [-0.15, -0.1) is 0 Å². The molecule has 0 spiro atoms. The number of rotatable bonds is 4. The molecule has 1 aliphatic heterocycles. The maximum atomic E-state index is 9.78. The van der Waals surface area contributed by atoms with E-state index in [1.807, 2.05) is 16.4 Å². The van der Waals surface area contributed by atoms with Crippen molar-refractivity contribution in [1.29, 1.82) is 0 Å². The predicted octanol–water partition coefficient (Wildman–Crippen LogP) is 1.20. The average Bonchev–Trinajstić information content (AvgIpc) is 2.78. The Morgan fingerprint density at radius 1 is 1.56 bits per heavy atom. The zero-order chi connectivity index (χ0) is 11.5. The Hall–Kier alpha value is -0.550. The smallest absolute Gasteiger partial charge is 0.138 e. The Balaban J connectivity index is 2.00. The van der Waals surface area contributed by atoms with Gasteiger partial charge in [-0.2, -0.15) is 16.9 Å². The van der Waals surface area contributed by atoms with Crippen LogP contribution in [0.3, 0.4) is 0 Å². The molecule has 1 N–H and O–H groups in total. The second-order valence-electron chi connectivity index (χ2n) is 4.82. The standard InChI is InChI=1S/C11H19N3OS/c1-8(2)4-14-11(12-7-13-14)3-9-5-16-6-10(9)15/h7-10,15H,3-6H2,1-2H3. The maximum Gasteiger partial charge on any atom is 0.138 e. The Morgan fingerprint density at radius 2 is 2.38 bits per heavy atom. The van der Waals surface area contributed by atoms with Crippen LogP contribution in [-0.4, -0.2) is 37.5 Å². The van der Waals surface area contributed by atoms with Crippen molar-refractivity contribution in [2.45, 2.75) is 32.9 Å². The van der Waals surface area contributed by atoms with Gasteiger partial charge in [0.2, 0.25) is 0 Å². The number of thioether (sulfide) groups is 1. The largest absolute Gasteiger partial charge is 0.392 e. The predicted molar refractivity (Wildman–Crippen MR) is 65.4 cm³/mol. The second-order valence-corrected chi connectivity index (χ2v) is 5.90. The van der Waals surface area contributed by atoms with Crippen molar-refractivity contribution in [1.82, 2.24) is 14.8 Å². The number of aromatic nitrogens is 3. The number of nitrogens with zero attached hydrogens (tertiary/aromatic N) is 3. The molecule has 1 saturated heterocycles. The van der Waals surface area contributed by atoms with Crippen molar-refractivity contribution < 1.29 is 5.11 Å². The highest BCUT2D eigenvalue weighted by Gasteiger charge is 2.27. The molecule has 5 heteroatoms. The van der Waals surface area contributed by atoms with Gasteiger partial charge in [0.05, 0.1) is 6.10 Å². The van der Waals surface area contributed by atoms with Crippen LogP contribution in [0, 0.1) is 11.8 Å². The molecule has 1 fully saturated rings. The van der Waals surface area contributed by atoms with Gasteiger partial charge in [-0.25, -0.2) is 9.67 Å². The molecule has 0 bridgehead atoms. The third-order valence-corrected chi connectivity index (χ3v) is 4.08. The first-order valence-corrected chi connectivity index (χ1v) is 6.94. The van der Waals surface area contributed by atoms with E-state index in [1.165, 1.54) is 0 Å². The molecule has 0 amide bonds. The molecule has 2 heterocycles. The van der Waals surface area contributed by atoms with Crippen molar-refractivity contribution >= 4 is 11.8 Å². The normalized spacial score (nSPS) is 25.5. The fourth-order valence-electron chi connectivity index (χ4n) is 1.96. The summed E-state index contributed by atoms with van der Waals surface area (Å²) in [6, 6.07) is 0. The Labute approximate surface area is 100 Å². The summed E-state index contributed by atoms with van der Waals surface area (Å²) < 4.78 is 1.97. The van der Waals surface area contributed by atoms with Crippen LogP contribution in [0.25, 0.3) is 0 Å². The summed E-state index contributed by atoms with van der Waals surface area (Å²) >= 11 is 1.82. The van der Waals surface area contributed by atoms with Crippen molar-refractivity contribution in [3.63, 3.8) is 0 Å². The van der Waals surface area contributed by atoms with E-state index in [-0.39, 0.29) is 6.10 Å². The summed E-state index contributed by atoms with van der Waals surface area (Å²) in [6.07, 6.45) is 2.29. The molecule has 1 aliphatic rings. The maximum absolute atomic E-state index is 9.78. The van der Waals surface area contributed by atoms with Gasteiger partial charge in [0.15, 0.2) is 0 Å². The van der Waals surface area contributed by atoms with Gasteiger partial charge in [0.25, 0.3) is 0 Å². The van der Waals surface area contributed by atoms with E-state index in [0.717, 1.165) is 30.3 Å². The van der Waals surface area contributed by atoms with Crippen LogP contribution in [0.1, 0.15) is 19.7 Å². The minimum Gasteiger partial charge on any atom is -0.392 e. The van der Waals surface area contributed by atoms with E-state index >= 15 is 0 Å². The molecule has 0 radical (unpaired) electrons. The number of hydrogen-bond acceptors (Lipinski definition) is 4. The van der Waals surface area contributed by atoms with E-state index in [9.17, 15) is 5.11 Å². The summed E-state index contributed by atoms with van der Waals surface area (Å²) in [7, 11) is 0. The average molecular weight is 241 g/mol. The van der Waals surface area contributed by atoms with E-state index in [1.54, 1.807) is 6.33 Å². The molecule has 2 unspecified atom stereocenters. The third-order valence-electron chi connectivity index (χ3n) is 2.84. The molecule has 0 aliphatic carbocycles. The van der Waals surface area contributed by atoms with Crippen LogP contribution in [0.4, 0.5) is 0 Å². The summed E-state index contributed by atoms with van der Waals surface area (Å²) in [5.41, 5.74) is 0. The number of hydrogen-bond donors (Lipinski definition) is 1. The molecule has 90 valence electrons. The first-order valence-electron chi connectivity index (χ1n) is 5.79. The minimum absolute atomic E-state index is 0.172. The quantitative estimate of drug-likeness (QED) is 0.860. The van der Waals surface area contributed by atoms with Crippen LogP contribution in [-0.2, 0) is 13.0 Å². The Kier molecular flexibility index (Phi) is 3.86. The van der Waals surface area contributed by atoms with E-state index in [0.29, 0.717) is 11.8 Å². The molecule has 4 nitrogen and oxygen atoms in total. The zero-order valence-electron chi connectivity index (χ0n) is 9.83. The third kappa shape index (κ3) is 2.77. The summed E-state index contributed by atoms with van der Waals surface area (Å²) in [6.45, 7) is 5.25. The van der Waals surface area contributed by atoms with Crippen LogP contribution in [0.5, 0.6) is 0 Å². The van der Waals surface area contributed by atoms with Crippen molar-refractivity contribution in [2.75, 3.05) is 11.5 Å². The highest BCUT2D eigenvalue weighted by molar-refractivity contribution is 7.99. The first-order chi connectivity index (χ1) is 7.66. The van der Waals surface area contributed by atoms with Crippen molar-refractivity contribution in [3.05, 3.63) is 12.2 Å². The van der Waals surface area contributed by atoms with Gasteiger partial charge >= 0.3 is 0 Å². The molecular formula is C11H19N3OS. The van der Waals surface area contributed by atoms with Gasteiger partial charge < -0.3 is 5.11 Å². The molecule has 1 aromatic rings. The lowest BCUT2D eigenvalue weighted by molar-refractivity contribution is 0.147. The van der Waals surface area contributed by atoms with Crippen molar-refractivity contribution in [2.24, 2.45) is 11.8 Å². The fraction of sp³-hybridized carbons (Fsp3) is 0.818. The Bertz CT molecular complexity index is 340. The molecule has 0 aromatic carbocycles. The molecule has 2 rings (SSSR count). The molecular weight excluding hydrogens is 222 g/mol. The first kappa shape index (κ1) is 11.9. The lowest BCUT2D eigenvalue weighted by Gasteiger charge is -2.14. The fourth-order valence-corrected chi connectivity index (χ4v) is 3.25. The number of aliphatic hydroxyl groups excluding tert-OH is 1. The second kappa shape index (κ2) is 5.19. The van der Waals surface area contributed by atoms with Gasteiger partial charge in [-0.05, 0) is 11.7 Å². The summed E-state index contributed by atoms with van der Waals surface area (Å²) in [5.74, 6) is 3.84. The van der Waals surface area contributed by atoms with Gasteiger partial charge in [-0.3, -0.25) is 0 Å². The van der Waals surface area contributed by atoms with Gasteiger partial charge in [0.1, 0.15) is 12.2 Å². The van der Waals surface area contributed by atoms with Crippen molar-refractivity contribution in [3.8, 4) is 0 Å². The van der Waals surface area contributed by atoms with Crippen LogP contribution in [0.2, 0.25) is 0 Å². The topological polar surface area (TPSA) is 50.9 Å². The number of aliphatic hydroxyl groups is 1. The molecule has 2 atom stereocenters. The molecule has 16 heavy (non-hydrogen) atoms. The Morgan fingerprint density at radius 3 is 3.00 bits per heavy atom. The van der Waals surface area contributed by atoms with Crippen LogP contribution in [0.15, 0.2) is 6.33 Å². The van der Waals surface area contributed by atoms with Crippen LogP contribution < -0.4 is 0 Å². The summed E-state index contributed by atoms with van der Waals surface area (Å²) in [5, 5.41) is 14.0. The van der Waals surface area contributed by atoms with E-state index in [4.69, 9.17) is 0 Å². The SMILES string of the molecule is CC(C)Cn1ncnc1CC1CSCC1O. The van der Waals surface area contributed by atoms with Crippen LogP contribution >= 0.6 is 11.8 Å². The van der Waals surface area contributed by atoms with E-state index in [2.05, 4.69) is 23.9 Å². The zero-order valence-corrected chi connectivity index (χ0v) is 10.7. The highest BCUT2D eigenvalue weighted by atomic mass is 32.2. The lowest BCUT2D eigenvalue weighted by atomic mass is 10.0. The summed E-state index contributed by atoms with van der Waals surface area (Å²) in [4.78, 5) is 4.30. The highest BCUT2D eigenvalue weighted by Crippen LogP contribution is 2.26.